The van der Waals surface area contributed by atoms with Gasteiger partial charge in [0.25, 0.3) is 0 Å². The number of benzene rings is 1. The molecule has 8 heteroatoms. The van der Waals surface area contributed by atoms with Gasteiger partial charge in [-0.3, -0.25) is 0 Å². The van der Waals surface area contributed by atoms with Gasteiger partial charge < -0.3 is 10.0 Å². The maximum Gasteiger partial charge on any atom is 1.00 e. The van der Waals surface area contributed by atoms with Crippen LogP contribution in [0.2, 0.25) is 0 Å². The minimum Gasteiger partial charge on any atom is -0.889 e. The third kappa shape index (κ3) is 5.86. The Morgan fingerprint density at radius 3 is 1.73 bits per heavy atom. The molecule has 0 spiro atoms. The molecule has 0 fully saturated rings. The van der Waals surface area contributed by atoms with Gasteiger partial charge in [0.15, 0.2) is 9.84 Å². The normalized spacial score (nSPS) is 9.80. The fraction of sp³-hybridized carbons (Fsp3) is 0.143. The Morgan fingerprint density at radius 1 is 1.07 bits per heavy atom. The molecule has 15 heavy (non-hydrogen) atoms. The summed E-state index contributed by atoms with van der Waals surface area (Å²) in [5, 5.41) is 20.8. The molecule has 0 radical (unpaired) electrons. The van der Waals surface area contributed by atoms with Crippen molar-refractivity contribution in [1.29, 1.82) is 0 Å². The van der Waals surface area contributed by atoms with E-state index in [2.05, 4.69) is 0 Å². The van der Waals surface area contributed by atoms with Crippen LogP contribution in [0.5, 0.6) is 0 Å². The molecule has 0 atom stereocenters. The first kappa shape index (κ1) is 18.5. The molecule has 1 rings (SSSR count). The second-order valence-corrected chi connectivity index (χ2v) is 4.69. The smallest absolute Gasteiger partial charge is 0.889 e. The summed E-state index contributed by atoms with van der Waals surface area (Å²) in [5.41, 5.74) is 0.0485. The predicted molar refractivity (Wildman–Crippen MR) is 44.9 cm³/mol. The monoisotopic (exact) mass is 244 g/mol. The van der Waals surface area contributed by atoms with Gasteiger partial charge in [-0.25, -0.2) is 8.42 Å². The third-order valence-corrected chi connectivity index (χ3v) is 2.71. The number of hydrogen-bond donors (Lipinski definition) is 0. The molecule has 0 aliphatic rings. The molecule has 0 amide bonds. The average molecular weight is 244 g/mol. The van der Waals surface area contributed by atoms with Gasteiger partial charge in [0.2, 0.25) is 0 Å². The van der Waals surface area contributed by atoms with Gasteiger partial charge in [-0.1, -0.05) is 19.3 Å². The minimum absolute atomic E-state index is 0. The van der Waals surface area contributed by atoms with Crippen molar-refractivity contribution in [2.75, 3.05) is 6.26 Å². The molecule has 0 heterocycles. The van der Waals surface area contributed by atoms with Gasteiger partial charge in [-0.2, -0.15) is 0 Å². The van der Waals surface area contributed by atoms with E-state index in [4.69, 9.17) is 0 Å². The molecular formula is C7H7BNa2O4S. The molecule has 0 N–H and O–H groups in total. The van der Waals surface area contributed by atoms with Gasteiger partial charge in [0, 0.05) is 6.26 Å². The third-order valence-electron chi connectivity index (χ3n) is 1.58. The molecule has 0 unspecified atom stereocenters. The van der Waals surface area contributed by atoms with Gasteiger partial charge in [0.05, 0.1) is 4.90 Å². The first-order valence-electron chi connectivity index (χ1n) is 3.53. The van der Waals surface area contributed by atoms with Crippen molar-refractivity contribution in [3.05, 3.63) is 24.3 Å². The molecule has 0 saturated carbocycles. The van der Waals surface area contributed by atoms with Gasteiger partial charge >= 0.3 is 59.1 Å². The van der Waals surface area contributed by atoms with Crippen molar-refractivity contribution in [2.45, 2.75) is 4.90 Å². The number of hydrogen-bond acceptors (Lipinski definition) is 4. The zero-order valence-corrected chi connectivity index (χ0v) is 13.7. The topological polar surface area (TPSA) is 80.3 Å². The second-order valence-electron chi connectivity index (χ2n) is 2.67. The molecule has 0 aliphatic carbocycles. The number of sulfone groups is 1. The molecule has 70 valence electrons. The Hall–Kier alpha value is 1.15. The zero-order valence-electron chi connectivity index (χ0n) is 8.93. The van der Waals surface area contributed by atoms with Crippen LogP contribution in [0.1, 0.15) is 0 Å². The molecule has 0 bridgehead atoms. The molecule has 0 saturated heterocycles. The summed E-state index contributed by atoms with van der Waals surface area (Å²) >= 11 is 0. The van der Waals surface area contributed by atoms with Crippen LogP contribution in [-0.2, 0) is 9.84 Å². The van der Waals surface area contributed by atoms with Crippen LogP contribution in [0.15, 0.2) is 29.2 Å². The van der Waals surface area contributed by atoms with E-state index in [9.17, 15) is 18.5 Å². The van der Waals surface area contributed by atoms with E-state index in [0.717, 1.165) is 6.26 Å². The van der Waals surface area contributed by atoms with Crippen LogP contribution >= 0.6 is 0 Å². The number of rotatable bonds is 2. The van der Waals surface area contributed by atoms with Gasteiger partial charge in [-0.15, -0.1) is 5.46 Å². The quantitative estimate of drug-likeness (QED) is 0.484. The summed E-state index contributed by atoms with van der Waals surface area (Å²) in [7, 11) is -5.31. The van der Waals surface area contributed by atoms with Crippen molar-refractivity contribution in [1.82, 2.24) is 0 Å². The van der Waals surface area contributed by atoms with E-state index in [-0.39, 0.29) is 69.5 Å². The molecule has 4 nitrogen and oxygen atoms in total. The van der Waals surface area contributed by atoms with Gasteiger partial charge in [-0.05, 0) is 12.1 Å². The van der Waals surface area contributed by atoms with Crippen LogP contribution in [-0.4, -0.2) is 21.8 Å². The van der Waals surface area contributed by atoms with Crippen molar-refractivity contribution in [3.8, 4) is 0 Å². The summed E-state index contributed by atoms with van der Waals surface area (Å²) in [4.78, 5) is 0.108. The molecule has 0 aliphatic heterocycles. The first-order valence-corrected chi connectivity index (χ1v) is 5.42. The fourth-order valence-electron chi connectivity index (χ4n) is 0.872. The second kappa shape index (κ2) is 7.47. The average Bonchev–Trinajstić information content (AvgIpc) is 2.03. The Morgan fingerprint density at radius 2 is 1.47 bits per heavy atom. The van der Waals surface area contributed by atoms with E-state index >= 15 is 0 Å². The predicted octanol–water partition coefficient (Wildman–Crippen LogP) is -8.49. The summed E-state index contributed by atoms with van der Waals surface area (Å²) < 4.78 is 21.9. The summed E-state index contributed by atoms with van der Waals surface area (Å²) in [6.07, 6.45) is 1.06. The van der Waals surface area contributed by atoms with Gasteiger partial charge in [0.1, 0.15) is 0 Å². The van der Waals surface area contributed by atoms with E-state index in [1.165, 1.54) is 24.3 Å². The molecular weight excluding hydrogens is 237 g/mol. The SMILES string of the molecule is CS(=O)(=O)c1ccc(B([O-])[O-])cc1.[Na+].[Na+]. The molecule has 1 aromatic carbocycles. The van der Waals surface area contributed by atoms with E-state index in [0.29, 0.717) is 0 Å². The summed E-state index contributed by atoms with van der Waals surface area (Å²) in [6, 6.07) is 4.99. The minimum atomic E-state index is -3.25. The maximum atomic E-state index is 11.0. The van der Waals surface area contributed by atoms with Crippen molar-refractivity contribution in [3.63, 3.8) is 0 Å². The molecule has 0 aromatic heterocycles. The Kier molecular flexibility index (Phi) is 9.23. The van der Waals surface area contributed by atoms with E-state index in [1.807, 2.05) is 0 Å². The van der Waals surface area contributed by atoms with Crippen molar-refractivity contribution in [2.24, 2.45) is 0 Å². The van der Waals surface area contributed by atoms with Crippen molar-refractivity contribution < 1.29 is 77.6 Å². The van der Waals surface area contributed by atoms with E-state index in [1.54, 1.807) is 0 Å². The standard InChI is InChI=1S/C7H7BO4S.2Na/c1-13(11,12)7-4-2-6(3-5-7)8(9)10;;/h2-5H,1H3;;/q-2;2*+1. The Balaban J connectivity index is 0. The van der Waals surface area contributed by atoms with Crippen LogP contribution in [0.3, 0.4) is 0 Å². The Labute approximate surface area is 134 Å². The maximum absolute atomic E-state index is 11.0. The summed E-state index contributed by atoms with van der Waals surface area (Å²) in [6.45, 7) is 0. The van der Waals surface area contributed by atoms with Crippen LogP contribution in [0, 0.1) is 0 Å². The van der Waals surface area contributed by atoms with E-state index < -0.39 is 17.0 Å². The Bertz CT molecular complexity index is 390. The summed E-state index contributed by atoms with van der Waals surface area (Å²) in [5.74, 6) is 0. The van der Waals surface area contributed by atoms with Crippen molar-refractivity contribution >= 4 is 22.4 Å². The zero-order chi connectivity index (χ0) is 10.1. The largest absolute Gasteiger partial charge is 1.00 e. The fourth-order valence-corrected chi connectivity index (χ4v) is 1.50. The van der Waals surface area contributed by atoms with Crippen LogP contribution in [0.25, 0.3) is 0 Å². The molecule has 1 aromatic rings. The van der Waals surface area contributed by atoms with Crippen LogP contribution in [0.4, 0.5) is 0 Å². The van der Waals surface area contributed by atoms with Crippen LogP contribution < -0.4 is 74.6 Å². The first-order chi connectivity index (χ1) is 5.91.